The summed E-state index contributed by atoms with van der Waals surface area (Å²) in [5, 5.41) is 0. The second kappa shape index (κ2) is 7.32. The van der Waals surface area contributed by atoms with Gasteiger partial charge in [-0.3, -0.25) is 4.90 Å². The molecule has 3 rings (SSSR count). The van der Waals surface area contributed by atoms with Crippen molar-refractivity contribution in [3.05, 3.63) is 12.2 Å². The van der Waals surface area contributed by atoms with Crippen LogP contribution in [0.3, 0.4) is 0 Å². The fourth-order valence-electron chi connectivity index (χ4n) is 5.46. The van der Waals surface area contributed by atoms with Gasteiger partial charge >= 0.3 is 0 Å². The predicted octanol–water partition coefficient (Wildman–Crippen LogP) is 5.01. The maximum absolute atomic E-state index is 6.47. The normalized spacial score (nSPS) is 34.8. The van der Waals surface area contributed by atoms with E-state index in [2.05, 4.69) is 51.7 Å². The molecule has 3 nitrogen and oxygen atoms in total. The highest BCUT2D eigenvalue weighted by Crippen LogP contribution is 2.49. The summed E-state index contributed by atoms with van der Waals surface area (Å²) < 4.78 is 12.7. The monoisotopic (exact) mass is 349 g/mol. The van der Waals surface area contributed by atoms with E-state index in [-0.39, 0.29) is 11.9 Å². The van der Waals surface area contributed by atoms with Crippen molar-refractivity contribution in [1.29, 1.82) is 0 Å². The number of ether oxygens (including phenoxy) is 2. The molecular formula is C22H39NO2. The molecule has 0 N–H and O–H groups in total. The smallest absolute Gasteiger partial charge is 0.168 e. The lowest BCUT2D eigenvalue weighted by atomic mass is 9.64. The van der Waals surface area contributed by atoms with Gasteiger partial charge in [0.1, 0.15) is 0 Å². The van der Waals surface area contributed by atoms with Crippen molar-refractivity contribution in [3.63, 3.8) is 0 Å². The SMILES string of the molecule is CC(C)(C)CC(C)(C)C1CCC2(CC1)OCC(CN1CC=CCC1)O2. The van der Waals surface area contributed by atoms with Crippen molar-refractivity contribution in [2.45, 2.75) is 85.0 Å². The van der Waals surface area contributed by atoms with Crippen molar-refractivity contribution in [1.82, 2.24) is 4.90 Å². The summed E-state index contributed by atoms with van der Waals surface area (Å²) in [6, 6.07) is 0. The fraction of sp³-hybridized carbons (Fsp3) is 0.909. The van der Waals surface area contributed by atoms with E-state index in [0.29, 0.717) is 10.8 Å². The second-order valence-corrected chi connectivity index (χ2v) is 10.5. The second-order valence-electron chi connectivity index (χ2n) is 10.5. The molecule has 1 unspecified atom stereocenters. The largest absolute Gasteiger partial charge is 0.347 e. The van der Waals surface area contributed by atoms with Crippen molar-refractivity contribution in [2.24, 2.45) is 16.7 Å². The molecule has 0 aromatic carbocycles. The van der Waals surface area contributed by atoms with E-state index < -0.39 is 0 Å². The van der Waals surface area contributed by atoms with Crippen LogP contribution >= 0.6 is 0 Å². The molecule has 0 amide bonds. The van der Waals surface area contributed by atoms with Crippen molar-refractivity contribution in [2.75, 3.05) is 26.2 Å². The molecule has 2 fully saturated rings. The summed E-state index contributed by atoms with van der Waals surface area (Å²) in [5.74, 6) is 0.515. The minimum Gasteiger partial charge on any atom is -0.347 e. The van der Waals surface area contributed by atoms with Gasteiger partial charge in [0.25, 0.3) is 0 Å². The molecule has 1 atom stereocenters. The maximum atomic E-state index is 6.47. The van der Waals surface area contributed by atoms with Crippen molar-refractivity contribution in [3.8, 4) is 0 Å². The summed E-state index contributed by atoms with van der Waals surface area (Å²) in [5.41, 5.74) is 0.797. The van der Waals surface area contributed by atoms with Gasteiger partial charge in [-0.2, -0.15) is 0 Å². The molecule has 0 radical (unpaired) electrons. The van der Waals surface area contributed by atoms with Gasteiger partial charge in [0, 0.05) is 32.5 Å². The lowest BCUT2D eigenvalue weighted by Crippen LogP contribution is -2.41. The summed E-state index contributed by atoms with van der Waals surface area (Å²) >= 11 is 0. The van der Waals surface area contributed by atoms with Gasteiger partial charge in [-0.15, -0.1) is 0 Å². The van der Waals surface area contributed by atoms with Gasteiger partial charge < -0.3 is 9.47 Å². The molecule has 1 spiro atoms. The van der Waals surface area contributed by atoms with E-state index >= 15 is 0 Å². The van der Waals surface area contributed by atoms with Crippen LogP contribution in [-0.2, 0) is 9.47 Å². The molecule has 2 aliphatic heterocycles. The van der Waals surface area contributed by atoms with Crippen molar-refractivity contribution >= 4 is 0 Å². The predicted molar refractivity (Wildman–Crippen MR) is 104 cm³/mol. The van der Waals surface area contributed by atoms with Gasteiger partial charge in [-0.25, -0.2) is 0 Å². The first-order valence-corrected chi connectivity index (χ1v) is 10.4. The zero-order valence-corrected chi connectivity index (χ0v) is 17.1. The molecule has 1 aliphatic carbocycles. The Bertz CT molecular complexity index is 469. The zero-order chi connectivity index (χ0) is 18.1. The highest BCUT2D eigenvalue weighted by atomic mass is 16.7. The first kappa shape index (κ1) is 19.4. The summed E-state index contributed by atoms with van der Waals surface area (Å²) in [7, 11) is 0. The van der Waals surface area contributed by atoms with E-state index in [1.54, 1.807) is 0 Å². The van der Waals surface area contributed by atoms with Crippen LogP contribution in [0.4, 0.5) is 0 Å². The maximum Gasteiger partial charge on any atom is 0.168 e. The molecule has 0 aromatic heterocycles. The molecule has 25 heavy (non-hydrogen) atoms. The summed E-state index contributed by atoms with van der Waals surface area (Å²) in [6.07, 6.45) is 11.9. The first-order chi connectivity index (χ1) is 11.7. The standard InChI is InChI=1S/C22H39NO2/c1-20(2,3)17-21(4,5)18-9-11-22(12-10-18)24-16-19(25-22)15-23-13-7-6-8-14-23/h6-7,18-19H,8-17H2,1-5H3. The molecule has 144 valence electrons. The third-order valence-electron chi connectivity index (χ3n) is 6.36. The van der Waals surface area contributed by atoms with Crippen LogP contribution < -0.4 is 0 Å². The number of hydrogen-bond acceptors (Lipinski definition) is 3. The molecular weight excluding hydrogens is 310 g/mol. The Morgan fingerprint density at radius 2 is 1.80 bits per heavy atom. The highest BCUT2D eigenvalue weighted by molar-refractivity contribution is 4.94. The van der Waals surface area contributed by atoms with Crippen LogP contribution in [0.1, 0.15) is 73.1 Å². The number of hydrogen-bond donors (Lipinski definition) is 0. The molecule has 3 aliphatic rings. The zero-order valence-electron chi connectivity index (χ0n) is 17.1. The number of rotatable bonds is 4. The number of nitrogens with zero attached hydrogens (tertiary/aromatic N) is 1. The fourth-order valence-corrected chi connectivity index (χ4v) is 5.46. The van der Waals surface area contributed by atoms with Gasteiger partial charge in [-0.1, -0.05) is 46.8 Å². The van der Waals surface area contributed by atoms with Crippen LogP contribution in [0.15, 0.2) is 12.2 Å². The van der Waals surface area contributed by atoms with E-state index in [0.717, 1.165) is 45.0 Å². The molecule has 2 heterocycles. The van der Waals surface area contributed by atoms with E-state index in [1.165, 1.54) is 25.7 Å². The van der Waals surface area contributed by atoms with Crippen LogP contribution in [0.5, 0.6) is 0 Å². The first-order valence-electron chi connectivity index (χ1n) is 10.4. The molecule has 1 saturated heterocycles. The van der Waals surface area contributed by atoms with E-state index in [1.807, 2.05) is 0 Å². The van der Waals surface area contributed by atoms with Crippen LogP contribution in [0, 0.1) is 16.7 Å². The average Bonchev–Trinajstić information content (AvgIpc) is 2.89. The summed E-state index contributed by atoms with van der Waals surface area (Å²) in [6.45, 7) is 16.0. The summed E-state index contributed by atoms with van der Waals surface area (Å²) in [4.78, 5) is 2.49. The lowest BCUT2D eigenvalue weighted by molar-refractivity contribution is -0.198. The van der Waals surface area contributed by atoms with Crippen molar-refractivity contribution < 1.29 is 9.47 Å². The minimum absolute atomic E-state index is 0.255. The lowest BCUT2D eigenvalue weighted by Gasteiger charge is -2.45. The Balaban J connectivity index is 1.49. The highest BCUT2D eigenvalue weighted by Gasteiger charge is 2.47. The van der Waals surface area contributed by atoms with Gasteiger partial charge in [-0.05, 0) is 42.4 Å². The third kappa shape index (κ3) is 5.08. The quantitative estimate of drug-likeness (QED) is 0.666. The Hall–Kier alpha value is -0.380. The Labute approximate surface area is 155 Å². The van der Waals surface area contributed by atoms with Crippen LogP contribution in [0.2, 0.25) is 0 Å². The Kier molecular flexibility index (Phi) is 5.68. The molecule has 0 aromatic rings. The van der Waals surface area contributed by atoms with Gasteiger partial charge in [0.05, 0.1) is 12.7 Å². The van der Waals surface area contributed by atoms with Crippen LogP contribution in [0.25, 0.3) is 0 Å². The van der Waals surface area contributed by atoms with E-state index in [4.69, 9.17) is 9.47 Å². The molecule has 1 saturated carbocycles. The van der Waals surface area contributed by atoms with Gasteiger partial charge in [0.15, 0.2) is 5.79 Å². The average molecular weight is 350 g/mol. The van der Waals surface area contributed by atoms with Crippen LogP contribution in [-0.4, -0.2) is 43.0 Å². The Morgan fingerprint density at radius 1 is 1.08 bits per heavy atom. The topological polar surface area (TPSA) is 21.7 Å². The minimum atomic E-state index is -0.273. The van der Waals surface area contributed by atoms with Gasteiger partial charge in [0.2, 0.25) is 0 Å². The molecule has 3 heteroatoms. The third-order valence-corrected chi connectivity index (χ3v) is 6.36. The molecule has 0 bridgehead atoms. The van der Waals surface area contributed by atoms with E-state index in [9.17, 15) is 0 Å². The Morgan fingerprint density at radius 3 is 2.40 bits per heavy atom.